The van der Waals surface area contributed by atoms with E-state index >= 15 is 0 Å². The molecular weight excluding hydrogens is 450 g/mol. The molecule has 0 radical (unpaired) electrons. The Morgan fingerprint density at radius 3 is 2.51 bits per heavy atom. The molecule has 2 nitrogen and oxygen atoms in total. The maximum atomic E-state index is 13.2. The maximum absolute atomic E-state index is 13.2. The van der Waals surface area contributed by atoms with Gasteiger partial charge in [-0.2, -0.15) is 0 Å². The number of fused-ring (bicyclic) bond motifs is 5. The Morgan fingerprint density at radius 1 is 0.886 bits per heavy atom. The van der Waals surface area contributed by atoms with Crippen LogP contribution in [0.4, 0.5) is 0 Å². The van der Waals surface area contributed by atoms with Gasteiger partial charge in [0.15, 0.2) is 5.78 Å². The van der Waals surface area contributed by atoms with Gasteiger partial charge in [-0.1, -0.05) is 78.4 Å². The van der Waals surface area contributed by atoms with Crippen LogP contribution in [0, 0.1) is 12.8 Å². The molecule has 6 rings (SSSR count). The molecule has 1 unspecified atom stereocenters. The quantitative estimate of drug-likeness (QED) is 0.455. The summed E-state index contributed by atoms with van der Waals surface area (Å²) in [7, 11) is 0. The van der Waals surface area contributed by atoms with Crippen LogP contribution in [0.3, 0.4) is 0 Å². The Balaban J connectivity index is 0.000000313. The highest BCUT2D eigenvalue weighted by Gasteiger charge is 2.24. The second-order valence-corrected chi connectivity index (χ2v) is 9.51. The summed E-state index contributed by atoms with van der Waals surface area (Å²) in [5.41, 5.74) is 7.05. The minimum Gasteiger partial charge on any atom is -0.368 e. The van der Waals surface area contributed by atoms with Crippen molar-refractivity contribution < 1.29 is 4.79 Å². The third kappa shape index (κ3) is 4.94. The van der Waals surface area contributed by atoms with Gasteiger partial charge in [-0.15, -0.1) is 0 Å². The van der Waals surface area contributed by atoms with Crippen LogP contribution in [-0.4, -0.2) is 5.78 Å². The lowest BCUT2D eigenvalue weighted by Crippen LogP contribution is -2.37. The number of hydrogen-bond acceptors (Lipinski definition) is 2. The van der Waals surface area contributed by atoms with Crippen LogP contribution < -0.4 is 15.8 Å². The van der Waals surface area contributed by atoms with Crippen molar-refractivity contribution in [3.63, 3.8) is 0 Å². The molecule has 174 valence electrons. The van der Waals surface area contributed by atoms with Crippen molar-refractivity contribution in [3.05, 3.63) is 129 Å². The molecule has 0 fully saturated rings. The van der Waals surface area contributed by atoms with Crippen LogP contribution in [0.1, 0.15) is 33.5 Å². The zero-order valence-electron chi connectivity index (χ0n) is 19.8. The number of hydrogen-bond donors (Lipinski definition) is 1. The van der Waals surface area contributed by atoms with Crippen LogP contribution >= 0.6 is 11.6 Å². The van der Waals surface area contributed by atoms with Gasteiger partial charge in [0, 0.05) is 28.9 Å². The van der Waals surface area contributed by atoms with Crippen LogP contribution in [0.2, 0.25) is 5.02 Å². The molecule has 0 amide bonds. The van der Waals surface area contributed by atoms with E-state index in [1.807, 2.05) is 61.8 Å². The van der Waals surface area contributed by atoms with Gasteiger partial charge >= 0.3 is 0 Å². The zero-order chi connectivity index (χ0) is 24.2. The van der Waals surface area contributed by atoms with Crippen molar-refractivity contribution in [2.75, 3.05) is 0 Å². The molecule has 0 bridgehead atoms. The van der Waals surface area contributed by atoms with E-state index in [9.17, 15) is 4.79 Å². The first kappa shape index (κ1) is 23.1. The lowest BCUT2D eigenvalue weighted by molar-refractivity contribution is 0.0946. The summed E-state index contributed by atoms with van der Waals surface area (Å²) in [6, 6.07) is 18.7. The highest BCUT2D eigenvalue weighted by molar-refractivity contribution is 6.31. The first-order valence-electron chi connectivity index (χ1n) is 12.1. The number of allylic oxidation sites excluding steroid dienone is 4. The minimum atomic E-state index is -0.0956. The summed E-state index contributed by atoms with van der Waals surface area (Å²) in [5, 5.41) is 6.08. The smallest absolute Gasteiger partial charge is 0.170 e. The van der Waals surface area contributed by atoms with Crippen molar-refractivity contribution in [3.8, 4) is 11.1 Å². The standard InChI is InChI=1S/C26H21ClO.C6H7N/c1-16-6-11-20(27)15-24(16)26(28)19-8-7-18-10-12-22-21-5-3-2-4-17(21)9-13-23(22)25(18)14-19;1-2-4-6-7-5-3-1/h2-6,10-15,19H,7-9H2,1H3;1-7H. The van der Waals surface area contributed by atoms with Crippen molar-refractivity contribution in [2.45, 2.75) is 26.2 Å². The topological polar surface area (TPSA) is 29.1 Å². The number of benzene rings is 3. The van der Waals surface area contributed by atoms with Gasteiger partial charge in [0.1, 0.15) is 0 Å². The zero-order valence-corrected chi connectivity index (χ0v) is 20.6. The fraction of sp³-hybridized carbons (Fsp3) is 0.156. The number of ketones is 1. The molecule has 3 aliphatic rings. The van der Waals surface area contributed by atoms with E-state index in [-0.39, 0.29) is 11.7 Å². The predicted octanol–water partition coefficient (Wildman–Crippen LogP) is 6.05. The van der Waals surface area contributed by atoms with Crippen molar-refractivity contribution in [1.29, 1.82) is 0 Å². The first-order valence-corrected chi connectivity index (χ1v) is 12.5. The number of halogens is 1. The largest absolute Gasteiger partial charge is 0.368 e. The average molecular weight is 478 g/mol. The minimum absolute atomic E-state index is 0.0956. The van der Waals surface area contributed by atoms with E-state index < -0.39 is 0 Å². The summed E-state index contributed by atoms with van der Waals surface area (Å²) in [6.45, 7) is 1.98. The molecule has 3 heteroatoms. The molecule has 1 aliphatic heterocycles. The highest BCUT2D eigenvalue weighted by Crippen LogP contribution is 2.27. The van der Waals surface area contributed by atoms with Gasteiger partial charge in [-0.05, 0) is 88.7 Å². The van der Waals surface area contributed by atoms with Crippen molar-refractivity contribution >= 4 is 29.5 Å². The molecule has 0 saturated heterocycles. The molecule has 1 heterocycles. The molecular formula is C32H28ClNO. The fourth-order valence-corrected chi connectivity index (χ4v) is 5.16. The molecule has 1 N–H and O–H groups in total. The SMILES string of the molecule is C1=CC=CNC=C1.Cc1ccc(Cl)cc1C(=O)C1C=c2c(ccc3c2=CCc2ccccc2-3)CC1. The number of Topliss-reactive ketones (excluding diaryl/α,β-unsaturated/α-hetero) is 1. The summed E-state index contributed by atoms with van der Waals surface area (Å²) in [5.74, 6) is 0.0844. The summed E-state index contributed by atoms with van der Waals surface area (Å²) in [4.78, 5) is 13.2. The molecule has 3 aromatic rings. The number of carbonyl (C=O) groups excluding carboxylic acids is 1. The third-order valence-electron chi connectivity index (χ3n) is 6.82. The van der Waals surface area contributed by atoms with Gasteiger partial charge in [0.05, 0.1) is 0 Å². The maximum Gasteiger partial charge on any atom is 0.170 e. The number of aryl methyl sites for hydroxylation is 2. The third-order valence-corrected chi connectivity index (χ3v) is 7.06. The summed E-state index contributed by atoms with van der Waals surface area (Å²) < 4.78 is 0. The highest BCUT2D eigenvalue weighted by atomic mass is 35.5. The van der Waals surface area contributed by atoms with Crippen molar-refractivity contribution in [2.24, 2.45) is 5.92 Å². The molecule has 0 saturated carbocycles. The number of rotatable bonds is 2. The fourth-order valence-electron chi connectivity index (χ4n) is 4.99. The first-order chi connectivity index (χ1) is 17.1. The van der Waals surface area contributed by atoms with E-state index in [0.717, 1.165) is 30.4 Å². The Kier molecular flexibility index (Phi) is 6.83. The second-order valence-electron chi connectivity index (χ2n) is 9.07. The van der Waals surface area contributed by atoms with E-state index in [1.165, 1.54) is 32.7 Å². The Hall–Kier alpha value is -3.62. The van der Waals surface area contributed by atoms with E-state index in [1.54, 1.807) is 0 Å². The van der Waals surface area contributed by atoms with E-state index in [0.29, 0.717) is 5.02 Å². The molecule has 3 aromatic carbocycles. The van der Waals surface area contributed by atoms with Gasteiger partial charge in [-0.25, -0.2) is 0 Å². The number of nitrogens with one attached hydrogen (secondary N) is 1. The van der Waals surface area contributed by atoms with Crippen molar-refractivity contribution in [1.82, 2.24) is 5.32 Å². The lowest BCUT2D eigenvalue weighted by atomic mass is 9.82. The van der Waals surface area contributed by atoms with Crippen LogP contribution in [0.25, 0.3) is 23.3 Å². The van der Waals surface area contributed by atoms with Crippen LogP contribution in [0.5, 0.6) is 0 Å². The molecule has 35 heavy (non-hydrogen) atoms. The predicted molar refractivity (Wildman–Crippen MR) is 147 cm³/mol. The molecule has 0 spiro atoms. The van der Waals surface area contributed by atoms with Gasteiger partial charge in [0.25, 0.3) is 0 Å². The lowest BCUT2D eigenvalue weighted by Gasteiger charge is -2.22. The van der Waals surface area contributed by atoms with Crippen LogP contribution in [-0.2, 0) is 12.8 Å². The Labute approximate surface area is 211 Å². The van der Waals surface area contributed by atoms with Gasteiger partial charge < -0.3 is 5.32 Å². The van der Waals surface area contributed by atoms with E-state index in [4.69, 9.17) is 11.6 Å². The van der Waals surface area contributed by atoms with Gasteiger partial charge in [0.2, 0.25) is 0 Å². The van der Waals surface area contributed by atoms with E-state index in [2.05, 4.69) is 53.9 Å². The Bertz CT molecular complexity index is 1480. The summed E-state index contributed by atoms with van der Waals surface area (Å²) in [6.07, 6.45) is 18.8. The Morgan fingerprint density at radius 2 is 1.69 bits per heavy atom. The molecule has 0 aromatic heterocycles. The number of carbonyl (C=O) groups is 1. The average Bonchev–Trinajstić information content (AvgIpc) is 3.23. The second kappa shape index (κ2) is 10.3. The monoisotopic (exact) mass is 477 g/mol. The summed E-state index contributed by atoms with van der Waals surface area (Å²) >= 11 is 6.16. The molecule has 2 aliphatic carbocycles. The van der Waals surface area contributed by atoms with Gasteiger partial charge in [-0.3, -0.25) is 4.79 Å². The normalized spacial score (nSPS) is 16.7. The molecule has 1 atom stereocenters. The van der Waals surface area contributed by atoms with Crippen LogP contribution in [0.15, 0.2) is 91.3 Å².